The molecule has 0 radical (unpaired) electrons. The number of carbonyl (C=O) groups excluding carboxylic acids is 1. The zero-order valence-electron chi connectivity index (χ0n) is 13.3. The van der Waals surface area contributed by atoms with E-state index in [1.165, 1.54) is 24.6 Å². The number of amides is 1. The van der Waals surface area contributed by atoms with Gasteiger partial charge in [0.15, 0.2) is 5.17 Å². The predicted octanol–water partition coefficient (Wildman–Crippen LogP) is 3.95. The molecule has 0 spiro atoms. The van der Waals surface area contributed by atoms with Crippen molar-refractivity contribution in [2.45, 2.75) is 26.7 Å². The summed E-state index contributed by atoms with van der Waals surface area (Å²) in [5.41, 5.74) is 0. The van der Waals surface area contributed by atoms with E-state index in [0.717, 1.165) is 28.6 Å². The molecule has 0 aliphatic carbocycles. The molecule has 23 heavy (non-hydrogen) atoms. The van der Waals surface area contributed by atoms with E-state index in [1.807, 2.05) is 26.0 Å². The highest BCUT2D eigenvalue weighted by Gasteiger charge is 2.32. The van der Waals surface area contributed by atoms with Crippen LogP contribution < -0.4 is 4.90 Å². The largest absolute Gasteiger partial charge is 0.440 e. The van der Waals surface area contributed by atoms with Gasteiger partial charge < -0.3 is 9.32 Å². The van der Waals surface area contributed by atoms with Gasteiger partial charge in [0, 0.05) is 38.3 Å². The first-order chi connectivity index (χ1) is 11.1. The molecule has 2 fully saturated rings. The number of thioether (sulfide) groups is 1. The molecule has 0 saturated carbocycles. The van der Waals surface area contributed by atoms with Crippen LogP contribution in [0.15, 0.2) is 24.9 Å². The second kappa shape index (κ2) is 7.13. The topological polar surface area (TPSA) is 49.1 Å². The molecule has 3 rings (SSSR count). The van der Waals surface area contributed by atoms with Crippen molar-refractivity contribution in [2.75, 3.05) is 31.1 Å². The number of nitrogens with zero attached hydrogens (tertiary/aromatic N) is 3. The number of carbonyl (C=O) groups is 1. The third kappa shape index (κ3) is 3.35. The maximum absolute atomic E-state index is 12.5. The highest BCUT2D eigenvalue weighted by atomic mass is 79.9. The molecule has 0 atom stereocenters. The molecule has 5 nitrogen and oxygen atoms in total. The van der Waals surface area contributed by atoms with Gasteiger partial charge in [0.05, 0.1) is 9.38 Å². The fourth-order valence-electron chi connectivity index (χ4n) is 2.75. The minimum atomic E-state index is -0.0000510. The Kier molecular flexibility index (Phi) is 5.16. The van der Waals surface area contributed by atoms with E-state index in [-0.39, 0.29) is 5.91 Å². The summed E-state index contributed by atoms with van der Waals surface area (Å²) in [6.07, 6.45) is 4.21. The first-order valence-corrected chi connectivity index (χ1v) is 9.55. The van der Waals surface area contributed by atoms with Crippen molar-refractivity contribution in [2.24, 2.45) is 4.99 Å². The van der Waals surface area contributed by atoms with Crippen LogP contribution in [0.2, 0.25) is 0 Å². The van der Waals surface area contributed by atoms with Crippen LogP contribution in [0, 0.1) is 0 Å². The lowest BCUT2D eigenvalue weighted by molar-refractivity contribution is -0.122. The van der Waals surface area contributed by atoms with Gasteiger partial charge in [-0.3, -0.25) is 14.7 Å². The molecule has 1 aromatic rings. The SMILES string of the molecule is CCN=C1S/C(=C\c2cc(Br)c(N3CCCC3)o2)C(=O)N1CC. The summed E-state index contributed by atoms with van der Waals surface area (Å²) in [6.45, 7) is 7.27. The molecule has 0 aromatic carbocycles. The van der Waals surface area contributed by atoms with Crippen molar-refractivity contribution < 1.29 is 9.21 Å². The number of furan rings is 1. The van der Waals surface area contributed by atoms with Crippen molar-refractivity contribution >= 4 is 50.7 Å². The molecular formula is C16H20BrN3O2S. The highest BCUT2D eigenvalue weighted by Crippen LogP contribution is 2.36. The van der Waals surface area contributed by atoms with Crippen LogP contribution in [0.1, 0.15) is 32.4 Å². The monoisotopic (exact) mass is 397 g/mol. The van der Waals surface area contributed by atoms with Crippen LogP contribution in [0.4, 0.5) is 5.88 Å². The molecule has 0 unspecified atom stereocenters. The number of aliphatic imine (C=N–C) groups is 1. The van der Waals surface area contributed by atoms with Gasteiger partial charge in [-0.15, -0.1) is 0 Å². The molecule has 1 amide bonds. The Bertz CT molecular complexity index is 662. The second-order valence-electron chi connectivity index (χ2n) is 5.41. The summed E-state index contributed by atoms with van der Waals surface area (Å²) in [5, 5.41) is 0.775. The Morgan fingerprint density at radius 1 is 1.39 bits per heavy atom. The molecular weight excluding hydrogens is 378 g/mol. The minimum Gasteiger partial charge on any atom is -0.440 e. The third-order valence-electron chi connectivity index (χ3n) is 3.85. The maximum atomic E-state index is 12.5. The van der Waals surface area contributed by atoms with E-state index < -0.39 is 0 Å². The van der Waals surface area contributed by atoms with Gasteiger partial charge in [0.2, 0.25) is 5.88 Å². The first kappa shape index (κ1) is 16.6. The number of likely N-dealkylation sites (N-methyl/N-ethyl adjacent to an activating group) is 1. The number of halogens is 1. The first-order valence-electron chi connectivity index (χ1n) is 7.94. The standard InChI is InChI=1S/C16H20BrN3O2S/c1-3-18-16-20(4-2)14(21)13(23-16)10-11-9-12(17)15(22-11)19-7-5-6-8-19/h9-10H,3-8H2,1-2H3/b13-10-,18-16?. The highest BCUT2D eigenvalue weighted by molar-refractivity contribution is 9.10. The van der Waals surface area contributed by atoms with Gasteiger partial charge >= 0.3 is 0 Å². The third-order valence-corrected chi connectivity index (χ3v) is 5.46. The van der Waals surface area contributed by atoms with Crippen LogP contribution in [-0.2, 0) is 4.79 Å². The van der Waals surface area contributed by atoms with Crippen molar-refractivity contribution in [1.29, 1.82) is 0 Å². The van der Waals surface area contributed by atoms with Crippen LogP contribution >= 0.6 is 27.7 Å². The Morgan fingerprint density at radius 3 is 2.78 bits per heavy atom. The summed E-state index contributed by atoms with van der Waals surface area (Å²) in [6, 6.07) is 1.93. The Hall–Kier alpha value is -1.21. The molecule has 7 heteroatoms. The summed E-state index contributed by atoms with van der Waals surface area (Å²) in [7, 11) is 0. The van der Waals surface area contributed by atoms with Crippen LogP contribution in [0.5, 0.6) is 0 Å². The maximum Gasteiger partial charge on any atom is 0.266 e. The van der Waals surface area contributed by atoms with E-state index in [9.17, 15) is 4.79 Å². The lowest BCUT2D eigenvalue weighted by Crippen LogP contribution is -2.28. The van der Waals surface area contributed by atoms with E-state index in [2.05, 4.69) is 25.8 Å². The van der Waals surface area contributed by atoms with Crippen molar-refractivity contribution in [1.82, 2.24) is 4.90 Å². The smallest absolute Gasteiger partial charge is 0.266 e. The average Bonchev–Trinajstić information content (AvgIpc) is 3.21. The number of rotatable bonds is 4. The van der Waals surface area contributed by atoms with Gasteiger partial charge in [-0.1, -0.05) is 0 Å². The van der Waals surface area contributed by atoms with E-state index in [4.69, 9.17) is 4.42 Å². The van der Waals surface area contributed by atoms with E-state index in [0.29, 0.717) is 23.8 Å². The van der Waals surface area contributed by atoms with Crippen LogP contribution in [-0.4, -0.2) is 42.2 Å². The zero-order chi connectivity index (χ0) is 16.4. The van der Waals surface area contributed by atoms with Crippen molar-refractivity contribution in [3.05, 3.63) is 21.2 Å². The van der Waals surface area contributed by atoms with E-state index >= 15 is 0 Å². The molecule has 1 aromatic heterocycles. The van der Waals surface area contributed by atoms with Gasteiger partial charge in [0.1, 0.15) is 5.76 Å². The number of hydrogen-bond acceptors (Lipinski definition) is 5. The van der Waals surface area contributed by atoms with Gasteiger partial charge in [-0.05, 0) is 54.4 Å². The fraction of sp³-hybridized carbons (Fsp3) is 0.500. The summed E-state index contributed by atoms with van der Waals surface area (Å²) < 4.78 is 6.89. The van der Waals surface area contributed by atoms with Gasteiger partial charge in [0.25, 0.3) is 5.91 Å². The fourth-order valence-corrected chi connectivity index (χ4v) is 4.40. The molecule has 2 aliphatic rings. The average molecular weight is 398 g/mol. The number of amidine groups is 1. The predicted molar refractivity (Wildman–Crippen MR) is 98.8 cm³/mol. The Labute approximate surface area is 148 Å². The molecule has 2 aliphatic heterocycles. The Balaban J connectivity index is 1.85. The number of anilines is 1. The van der Waals surface area contributed by atoms with Crippen LogP contribution in [0.3, 0.4) is 0 Å². The lowest BCUT2D eigenvalue weighted by atomic mass is 10.3. The zero-order valence-corrected chi connectivity index (χ0v) is 15.7. The minimum absolute atomic E-state index is 0.0000510. The molecule has 2 saturated heterocycles. The lowest BCUT2D eigenvalue weighted by Gasteiger charge is -2.13. The second-order valence-corrected chi connectivity index (χ2v) is 7.28. The molecule has 0 bridgehead atoms. The Morgan fingerprint density at radius 2 is 2.13 bits per heavy atom. The quantitative estimate of drug-likeness (QED) is 0.721. The van der Waals surface area contributed by atoms with Gasteiger partial charge in [-0.25, -0.2) is 0 Å². The van der Waals surface area contributed by atoms with Crippen molar-refractivity contribution in [3.8, 4) is 0 Å². The molecule has 0 N–H and O–H groups in total. The summed E-state index contributed by atoms with van der Waals surface area (Å²) >= 11 is 4.98. The molecule has 124 valence electrons. The summed E-state index contributed by atoms with van der Waals surface area (Å²) in [5.74, 6) is 1.56. The van der Waals surface area contributed by atoms with Gasteiger partial charge in [-0.2, -0.15) is 0 Å². The van der Waals surface area contributed by atoms with Crippen molar-refractivity contribution in [3.63, 3.8) is 0 Å². The molecule has 3 heterocycles. The normalized spacial score (nSPS) is 22.1. The van der Waals surface area contributed by atoms with Crippen LogP contribution in [0.25, 0.3) is 6.08 Å². The number of hydrogen-bond donors (Lipinski definition) is 0. The summed E-state index contributed by atoms with van der Waals surface area (Å²) in [4.78, 5) is 21.5. The van der Waals surface area contributed by atoms with E-state index in [1.54, 1.807) is 4.90 Å².